The Morgan fingerprint density at radius 3 is 2.68 bits per heavy atom. The minimum absolute atomic E-state index is 0.328. The molecule has 1 fully saturated rings. The average molecular weight is 267 g/mol. The molecule has 3 heteroatoms. The van der Waals surface area contributed by atoms with Crippen LogP contribution in [0, 0.1) is 23.5 Å². The van der Waals surface area contributed by atoms with Crippen molar-refractivity contribution in [1.29, 1.82) is 0 Å². The number of rotatable bonds is 4. The summed E-state index contributed by atoms with van der Waals surface area (Å²) in [7, 11) is 0. The van der Waals surface area contributed by atoms with Gasteiger partial charge in [-0.05, 0) is 42.9 Å². The molecule has 0 saturated heterocycles. The van der Waals surface area contributed by atoms with Gasteiger partial charge < -0.3 is 5.32 Å². The van der Waals surface area contributed by atoms with E-state index < -0.39 is 0 Å². The molecule has 1 N–H and O–H groups in total. The molecule has 0 aromatic heterocycles. The maximum absolute atomic E-state index is 13.6. The molecule has 1 aromatic carbocycles. The Bertz CT molecular complexity index is 417. The molecule has 1 saturated carbocycles. The van der Waals surface area contributed by atoms with E-state index in [1.165, 1.54) is 31.4 Å². The summed E-state index contributed by atoms with van der Waals surface area (Å²) in [4.78, 5) is 0. The maximum atomic E-state index is 13.6. The summed E-state index contributed by atoms with van der Waals surface area (Å²) in [5.74, 6) is 0.577. The van der Waals surface area contributed by atoms with Crippen LogP contribution in [-0.4, -0.2) is 6.04 Å². The number of hydrogen-bond acceptors (Lipinski definition) is 1. The van der Waals surface area contributed by atoms with Crippen LogP contribution >= 0.6 is 0 Å². The first-order valence-electron chi connectivity index (χ1n) is 7.25. The van der Waals surface area contributed by atoms with Crippen molar-refractivity contribution in [2.24, 2.45) is 11.8 Å². The lowest BCUT2D eigenvalue weighted by Crippen LogP contribution is -2.40. The van der Waals surface area contributed by atoms with Crippen molar-refractivity contribution in [2.75, 3.05) is 0 Å². The van der Waals surface area contributed by atoms with Crippen LogP contribution in [-0.2, 0) is 6.54 Å². The van der Waals surface area contributed by atoms with E-state index in [0.717, 1.165) is 12.5 Å². The number of benzene rings is 1. The molecule has 0 radical (unpaired) electrons. The molecule has 1 aliphatic rings. The highest BCUT2D eigenvalue weighted by molar-refractivity contribution is 5.18. The molecule has 1 aromatic rings. The Morgan fingerprint density at radius 1 is 1.21 bits per heavy atom. The van der Waals surface area contributed by atoms with Gasteiger partial charge in [0.15, 0.2) is 0 Å². The molecule has 1 nitrogen and oxygen atoms in total. The van der Waals surface area contributed by atoms with Crippen molar-refractivity contribution >= 4 is 0 Å². The van der Waals surface area contributed by atoms with Gasteiger partial charge >= 0.3 is 0 Å². The molecule has 0 heterocycles. The van der Waals surface area contributed by atoms with Crippen molar-refractivity contribution in [3.63, 3.8) is 0 Å². The first-order chi connectivity index (χ1) is 9.08. The molecular formula is C16H23F2N. The largest absolute Gasteiger partial charge is 0.310 e. The molecule has 106 valence electrons. The van der Waals surface area contributed by atoms with Crippen LogP contribution < -0.4 is 5.32 Å². The molecule has 1 aliphatic carbocycles. The summed E-state index contributed by atoms with van der Waals surface area (Å²) in [5, 5.41) is 3.43. The molecule has 19 heavy (non-hydrogen) atoms. The third-order valence-corrected chi connectivity index (χ3v) is 4.24. The quantitative estimate of drug-likeness (QED) is 0.859. The maximum Gasteiger partial charge on any atom is 0.127 e. The second-order valence-corrected chi connectivity index (χ2v) is 5.92. The minimum Gasteiger partial charge on any atom is -0.310 e. The molecular weight excluding hydrogens is 244 g/mol. The molecule has 0 spiro atoms. The Balaban J connectivity index is 1.98. The predicted octanol–water partition coefficient (Wildman–Crippen LogP) is 4.27. The highest BCUT2D eigenvalue weighted by Crippen LogP contribution is 2.30. The lowest BCUT2D eigenvalue weighted by Gasteiger charge is -2.35. The van der Waals surface area contributed by atoms with Crippen LogP contribution in [0.5, 0.6) is 0 Å². The summed E-state index contributed by atoms with van der Waals surface area (Å²) in [6.07, 6.45) is 4.89. The van der Waals surface area contributed by atoms with Crippen LogP contribution in [0.2, 0.25) is 0 Å². The number of halogens is 2. The summed E-state index contributed by atoms with van der Waals surface area (Å²) < 4.78 is 26.7. The van der Waals surface area contributed by atoms with Crippen LogP contribution in [0.4, 0.5) is 8.78 Å². The summed E-state index contributed by atoms with van der Waals surface area (Å²) in [6.45, 7) is 4.90. The van der Waals surface area contributed by atoms with Crippen molar-refractivity contribution in [2.45, 2.75) is 52.1 Å². The van der Waals surface area contributed by atoms with E-state index in [2.05, 4.69) is 19.2 Å². The average Bonchev–Trinajstić information content (AvgIpc) is 2.40. The molecule has 2 rings (SSSR count). The second-order valence-electron chi connectivity index (χ2n) is 5.92. The van der Waals surface area contributed by atoms with Crippen molar-refractivity contribution in [3.05, 3.63) is 35.4 Å². The summed E-state index contributed by atoms with van der Waals surface area (Å²) in [6, 6.07) is 4.08. The zero-order valence-electron chi connectivity index (χ0n) is 11.8. The van der Waals surface area contributed by atoms with Gasteiger partial charge in [0.05, 0.1) is 0 Å². The van der Waals surface area contributed by atoms with E-state index in [-0.39, 0.29) is 11.6 Å². The Morgan fingerprint density at radius 2 is 1.95 bits per heavy atom. The van der Waals surface area contributed by atoms with Gasteiger partial charge in [0.2, 0.25) is 0 Å². The van der Waals surface area contributed by atoms with Crippen molar-refractivity contribution in [1.82, 2.24) is 5.32 Å². The standard InChI is InChI=1S/C16H23F2N/c1-11(2)14-5-3-4-6-16(14)19-10-12-9-13(17)7-8-15(12)18/h7-9,11,14,16,19H,3-6,10H2,1-2H3. The second kappa shape index (κ2) is 6.47. The van der Waals surface area contributed by atoms with Gasteiger partial charge in [-0.25, -0.2) is 8.78 Å². The first kappa shape index (κ1) is 14.4. The topological polar surface area (TPSA) is 12.0 Å². The van der Waals surface area contributed by atoms with Crippen molar-refractivity contribution < 1.29 is 8.78 Å². The lowest BCUT2D eigenvalue weighted by molar-refractivity contribution is 0.204. The van der Waals surface area contributed by atoms with Gasteiger partial charge in [0.1, 0.15) is 11.6 Å². The van der Waals surface area contributed by atoms with E-state index >= 15 is 0 Å². The van der Waals surface area contributed by atoms with E-state index in [9.17, 15) is 8.78 Å². The van der Waals surface area contributed by atoms with Crippen LogP contribution in [0.1, 0.15) is 45.1 Å². The zero-order chi connectivity index (χ0) is 13.8. The third kappa shape index (κ3) is 3.75. The van der Waals surface area contributed by atoms with E-state index in [4.69, 9.17) is 0 Å². The fraction of sp³-hybridized carbons (Fsp3) is 0.625. The summed E-state index contributed by atoms with van der Waals surface area (Å²) in [5.41, 5.74) is 0.424. The van der Waals surface area contributed by atoms with Gasteiger partial charge in [0.25, 0.3) is 0 Å². The Kier molecular flexibility index (Phi) is 4.92. The van der Waals surface area contributed by atoms with Crippen LogP contribution in [0.25, 0.3) is 0 Å². The lowest BCUT2D eigenvalue weighted by atomic mass is 9.78. The summed E-state index contributed by atoms with van der Waals surface area (Å²) >= 11 is 0. The molecule has 2 unspecified atom stereocenters. The van der Waals surface area contributed by atoms with E-state index in [1.807, 2.05) is 0 Å². The molecule has 0 aliphatic heterocycles. The van der Waals surface area contributed by atoms with Gasteiger partial charge in [-0.2, -0.15) is 0 Å². The highest BCUT2D eigenvalue weighted by atomic mass is 19.1. The first-order valence-corrected chi connectivity index (χ1v) is 7.25. The van der Waals surface area contributed by atoms with Gasteiger partial charge in [0, 0.05) is 18.2 Å². The van der Waals surface area contributed by atoms with Gasteiger partial charge in [-0.3, -0.25) is 0 Å². The normalized spacial score (nSPS) is 23.8. The number of hydrogen-bond donors (Lipinski definition) is 1. The van der Waals surface area contributed by atoms with E-state index in [0.29, 0.717) is 30.0 Å². The Hall–Kier alpha value is -0.960. The van der Waals surface area contributed by atoms with Crippen LogP contribution in [0.3, 0.4) is 0 Å². The van der Waals surface area contributed by atoms with Gasteiger partial charge in [-0.1, -0.05) is 26.7 Å². The fourth-order valence-corrected chi connectivity index (χ4v) is 3.13. The Labute approximate surface area is 114 Å². The molecule has 0 bridgehead atoms. The van der Waals surface area contributed by atoms with Crippen LogP contribution in [0.15, 0.2) is 18.2 Å². The fourth-order valence-electron chi connectivity index (χ4n) is 3.13. The van der Waals surface area contributed by atoms with Crippen molar-refractivity contribution in [3.8, 4) is 0 Å². The minimum atomic E-state index is -0.373. The smallest absolute Gasteiger partial charge is 0.127 e. The predicted molar refractivity (Wildman–Crippen MR) is 73.8 cm³/mol. The molecule has 2 atom stereocenters. The zero-order valence-corrected chi connectivity index (χ0v) is 11.8. The molecule has 0 amide bonds. The highest BCUT2D eigenvalue weighted by Gasteiger charge is 2.27. The van der Waals surface area contributed by atoms with E-state index in [1.54, 1.807) is 0 Å². The van der Waals surface area contributed by atoms with Gasteiger partial charge in [-0.15, -0.1) is 0 Å². The number of nitrogens with one attached hydrogen (secondary N) is 1. The third-order valence-electron chi connectivity index (χ3n) is 4.24. The monoisotopic (exact) mass is 267 g/mol. The SMILES string of the molecule is CC(C)C1CCCCC1NCc1cc(F)ccc1F.